The first kappa shape index (κ1) is 18.9. The fourth-order valence-electron chi connectivity index (χ4n) is 2.17. The van der Waals surface area contributed by atoms with Gasteiger partial charge in [-0.1, -0.05) is 23.7 Å². The third kappa shape index (κ3) is 3.64. The standard InChI is InChI=1S/C14H12ClFN4O4S/c1-8-18-12(13(20(21)22)14(15)19-8)11(7-17-2)25(23,24)10-6-4-3-5-9(10)16/h3-7,11H,1-2H3/b17-7-. The summed E-state index contributed by atoms with van der Waals surface area (Å²) in [5.41, 5.74) is -1.24. The molecule has 8 nitrogen and oxygen atoms in total. The summed E-state index contributed by atoms with van der Waals surface area (Å²) < 4.78 is 39.8. The average Bonchev–Trinajstić information content (AvgIpc) is 2.51. The third-order valence-electron chi connectivity index (χ3n) is 3.19. The number of aromatic nitrogens is 2. The molecule has 0 aliphatic carbocycles. The quantitative estimate of drug-likeness (QED) is 0.337. The molecule has 0 bridgehead atoms. The van der Waals surface area contributed by atoms with Crippen molar-refractivity contribution in [3.05, 3.63) is 56.9 Å². The highest BCUT2D eigenvalue weighted by molar-refractivity contribution is 7.92. The third-order valence-corrected chi connectivity index (χ3v) is 5.42. The van der Waals surface area contributed by atoms with Crippen molar-refractivity contribution in [1.82, 2.24) is 9.97 Å². The number of aryl methyl sites for hydroxylation is 1. The number of hydrogen-bond acceptors (Lipinski definition) is 7. The summed E-state index contributed by atoms with van der Waals surface area (Å²) in [5, 5.41) is 9.11. The minimum Gasteiger partial charge on any atom is -0.299 e. The fraction of sp³-hybridized carbons (Fsp3) is 0.214. The van der Waals surface area contributed by atoms with Crippen molar-refractivity contribution in [3.63, 3.8) is 0 Å². The zero-order chi connectivity index (χ0) is 18.8. The first-order chi connectivity index (χ1) is 11.7. The lowest BCUT2D eigenvalue weighted by Gasteiger charge is -2.14. The van der Waals surface area contributed by atoms with Gasteiger partial charge in [-0.05, 0) is 19.1 Å². The molecule has 2 aromatic rings. The van der Waals surface area contributed by atoms with E-state index in [1.54, 1.807) is 0 Å². The maximum absolute atomic E-state index is 14.0. The summed E-state index contributed by atoms with van der Waals surface area (Å²) in [5.74, 6) is -0.958. The normalized spacial score (nSPS) is 13.1. The molecule has 0 saturated carbocycles. The van der Waals surface area contributed by atoms with Crippen LogP contribution in [-0.2, 0) is 9.84 Å². The molecule has 0 N–H and O–H groups in total. The SMILES string of the molecule is C/N=C\C(c1nc(C)nc(Cl)c1[N+](=O)[O-])S(=O)(=O)c1ccccc1F. The van der Waals surface area contributed by atoms with Gasteiger partial charge in [0.25, 0.3) is 0 Å². The van der Waals surface area contributed by atoms with Crippen LogP contribution in [0, 0.1) is 22.9 Å². The Morgan fingerprint density at radius 1 is 1.36 bits per heavy atom. The summed E-state index contributed by atoms with van der Waals surface area (Å²) in [6.45, 7) is 1.40. The van der Waals surface area contributed by atoms with Crippen LogP contribution in [0.25, 0.3) is 0 Å². The van der Waals surface area contributed by atoms with Gasteiger partial charge in [0.15, 0.2) is 9.84 Å². The lowest BCUT2D eigenvalue weighted by atomic mass is 10.2. The molecule has 1 unspecified atom stereocenters. The van der Waals surface area contributed by atoms with Gasteiger partial charge in [0.2, 0.25) is 5.15 Å². The van der Waals surface area contributed by atoms with Crippen molar-refractivity contribution in [2.24, 2.45) is 4.99 Å². The summed E-state index contributed by atoms with van der Waals surface area (Å²) in [7, 11) is -3.13. The first-order valence-electron chi connectivity index (χ1n) is 6.79. The van der Waals surface area contributed by atoms with Crippen molar-refractivity contribution in [1.29, 1.82) is 0 Å². The smallest absolute Gasteiger partial charge is 0.299 e. The monoisotopic (exact) mass is 386 g/mol. The van der Waals surface area contributed by atoms with Gasteiger partial charge in [-0.25, -0.2) is 22.8 Å². The van der Waals surface area contributed by atoms with E-state index in [1.165, 1.54) is 26.1 Å². The Hall–Kier alpha value is -2.46. The van der Waals surface area contributed by atoms with Crippen molar-refractivity contribution in [2.75, 3.05) is 7.05 Å². The molecular formula is C14H12ClFN4O4S. The molecule has 0 saturated heterocycles. The van der Waals surface area contributed by atoms with Crippen LogP contribution in [0.2, 0.25) is 5.15 Å². The zero-order valence-electron chi connectivity index (χ0n) is 13.1. The second-order valence-electron chi connectivity index (χ2n) is 4.86. The molecule has 0 aliphatic rings. The van der Waals surface area contributed by atoms with E-state index in [4.69, 9.17) is 11.6 Å². The Kier molecular flexibility index (Phi) is 5.43. The molecule has 0 aliphatic heterocycles. The minimum atomic E-state index is -4.41. The topological polar surface area (TPSA) is 115 Å². The van der Waals surface area contributed by atoms with Gasteiger partial charge in [0, 0.05) is 13.3 Å². The highest BCUT2D eigenvalue weighted by atomic mass is 35.5. The molecule has 0 amide bonds. The number of halogens is 2. The molecule has 0 fully saturated rings. The predicted molar refractivity (Wildman–Crippen MR) is 89.2 cm³/mol. The van der Waals surface area contributed by atoms with Gasteiger partial charge < -0.3 is 0 Å². The van der Waals surface area contributed by atoms with E-state index in [0.29, 0.717) is 0 Å². The van der Waals surface area contributed by atoms with E-state index in [-0.39, 0.29) is 5.82 Å². The number of hydrogen-bond donors (Lipinski definition) is 0. The van der Waals surface area contributed by atoms with E-state index < -0.39 is 47.3 Å². The lowest BCUT2D eigenvalue weighted by Crippen LogP contribution is -2.20. The van der Waals surface area contributed by atoms with Gasteiger partial charge in [-0.15, -0.1) is 0 Å². The van der Waals surface area contributed by atoms with Crippen LogP contribution in [0.4, 0.5) is 10.1 Å². The van der Waals surface area contributed by atoms with Gasteiger partial charge >= 0.3 is 5.69 Å². The molecule has 1 aromatic carbocycles. The molecule has 25 heavy (non-hydrogen) atoms. The van der Waals surface area contributed by atoms with Crippen LogP contribution in [0.15, 0.2) is 34.2 Å². The molecule has 2 rings (SSSR count). The Morgan fingerprint density at radius 2 is 2.00 bits per heavy atom. The van der Waals surface area contributed by atoms with Gasteiger partial charge in [-0.2, -0.15) is 0 Å². The minimum absolute atomic E-state index is 0.0313. The molecule has 132 valence electrons. The molecule has 1 heterocycles. The number of sulfone groups is 1. The number of aliphatic imine (C=N–C) groups is 1. The number of rotatable bonds is 5. The molecule has 0 radical (unpaired) electrons. The van der Waals surface area contributed by atoms with Crippen LogP contribution in [0.5, 0.6) is 0 Å². The highest BCUT2D eigenvalue weighted by Gasteiger charge is 2.38. The van der Waals surface area contributed by atoms with E-state index in [2.05, 4.69) is 15.0 Å². The largest absolute Gasteiger partial charge is 0.329 e. The van der Waals surface area contributed by atoms with Gasteiger partial charge in [0.1, 0.15) is 27.5 Å². The molecular weight excluding hydrogens is 375 g/mol. The van der Waals surface area contributed by atoms with Crippen LogP contribution in [0.3, 0.4) is 0 Å². The first-order valence-corrected chi connectivity index (χ1v) is 8.71. The van der Waals surface area contributed by atoms with E-state index in [1.807, 2.05) is 0 Å². The van der Waals surface area contributed by atoms with Crippen molar-refractivity contribution >= 4 is 33.3 Å². The molecule has 1 atom stereocenters. The number of nitrogens with zero attached hydrogens (tertiary/aromatic N) is 4. The van der Waals surface area contributed by atoms with E-state index in [9.17, 15) is 22.9 Å². The van der Waals surface area contributed by atoms with Crippen molar-refractivity contribution in [3.8, 4) is 0 Å². The Balaban J connectivity index is 2.81. The Labute approximate surface area is 147 Å². The van der Waals surface area contributed by atoms with Crippen LogP contribution in [0.1, 0.15) is 16.8 Å². The maximum Gasteiger partial charge on any atom is 0.329 e. The van der Waals surface area contributed by atoms with Crippen LogP contribution >= 0.6 is 11.6 Å². The summed E-state index contributed by atoms with van der Waals surface area (Å²) in [6, 6.07) is 4.69. The maximum atomic E-state index is 14.0. The van der Waals surface area contributed by atoms with Gasteiger partial charge in [-0.3, -0.25) is 15.1 Å². The lowest BCUT2D eigenvalue weighted by molar-refractivity contribution is -0.386. The molecule has 0 spiro atoms. The highest BCUT2D eigenvalue weighted by Crippen LogP contribution is 2.36. The van der Waals surface area contributed by atoms with Crippen LogP contribution in [-0.4, -0.2) is 36.6 Å². The molecule has 11 heteroatoms. The molecule has 1 aromatic heterocycles. The van der Waals surface area contributed by atoms with Gasteiger partial charge in [0.05, 0.1) is 4.92 Å². The van der Waals surface area contributed by atoms with Crippen LogP contribution < -0.4 is 0 Å². The second kappa shape index (κ2) is 7.19. The zero-order valence-corrected chi connectivity index (χ0v) is 14.6. The Morgan fingerprint density at radius 3 is 2.56 bits per heavy atom. The second-order valence-corrected chi connectivity index (χ2v) is 7.25. The summed E-state index contributed by atoms with van der Waals surface area (Å²) >= 11 is 5.80. The number of benzene rings is 1. The van der Waals surface area contributed by atoms with Crippen molar-refractivity contribution in [2.45, 2.75) is 17.1 Å². The van der Waals surface area contributed by atoms with E-state index >= 15 is 0 Å². The Bertz CT molecular complexity index is 965. The van der Waals surface area contributed by atoms with Crippen molar-refractivity contribution < 1.29 is 17.7 Å². The summed E-state index contributed by atoms with van der Waals surface area (Å²) in [6.07, 6.45) is 0.937. The fourth-order valence-corrected chi connectivity index (χ4v) is 4.08. The predicted octanol–water partition coefficient (Wildman–Crippen LogP) is 2.70. The number of nitro groups is 1. The summed E-state index contributed by atoms with van der Waals surface area (Å²) in [4.78, 5) is 21.0. The van der Waals surface area contributed by atoms with E-state index in [0.717, 1.165) is 18.3 Å². The average molecular weight is 387 g/mol.